The molecule has 0 spiro atoms. The summed E-state index contributed by atoms with van der Waals surface area (Å²) in [6.45, 7) is 2.11. The van der Waals surface area contributed by atoms with Gasteiger partial charge in [0.2, 0.25) is 0 Å². The standard InChI is InChI=1S/C16H18N4O/c1-21-7-6-19-14-9-16(17)20-15-8-11(2-3-13(14)15)12-4-5-18-10-12/h2-5,8-9H,6-7,10H2,1H3,(H3,17,19,20). The van der Waals surface area contributed by atoms with Gasteiger partial charge in [-0.1, -0.05) is 12.1 Å². The normalized spacial score (nSPS) is 13.7. The van der Waals surface area contributed by atoms with Crippen LogP contribution in [0.4, 0.5) is 11.5 Å². The van der Waals surface area contributed by atoms with Crippen molar-refractivity contribution in [2.24, 2.45) is 4.99 Å². The highest BCUT2D eigenvalue weighted by Crippen LogP contribution is 2.28. The molecule has 3 rings (SSSR count). The maximum absolute atomic E-state index is 5.91. The zero-order valence-electron chi connectivity index (χ0n) is 12.0. The zero-order chi connectivity index (χ0) is 14.7. The number of pyridine rings is 1. The first-order valence-corrected chi connectivity index (χ1v) is 6.90. The third-order valence-corrected chi connectivity index (χ3v) is 3.46. The molecular formula is C16H18N4O. The highest BCUT2D eigenvalue weighted by Gasteiger charge is 2.09. The van der Waals surface area contributed by atoms with Gasteiger partial charge in [0, 0.05) is 37.0 Å². The van der Waals surface area contributed by atoms with Crippen LogP contribution in [0.3, 0.4) is 0 Å². The van der Waals surface area contributed by atoms with Crippen LogP contribution in [-0.4, -0.2) is 38.0 Å². The lowest BCUT2D eigenvalue weighted by molar-refractivity contribution is 0.211. The van der Waals surface area contributed by atoms with E-state index >= 15 is 0 Å². The Morgan fingerprint density at radius 2 is 2.24 bits per heavy atom. The number of hydrogen-bond acceptors (Lipinski definition) is 5. The van der Waals surface area contributed by atoms with Crippen LogP contribution in [0.25, 0.3) is 16.5 Å². The summed E-state index contributed by atoms with van der Waals surface area (Å²) >= 11 is 0. The maximum Gasteiger partial charge on any atom is 0.126 e. The third-order valence-electron chi connectivity index (χ3n) is 3.46. The van der Waals surface area contributed by atoms with Crippen LogP contribution in [0.5, 0.6) is 0 Å². The number of fused-ring (bicyclic) bond motifs is 1. The Balaban J connectivity index is 1.97. The highest BCUT2D eigenvalue weighted by molar-refractivity contribution is 5.96. The van der Waals surface area contributed by atoms with E-state index in [2.05, 4.69) is 33.5 Å². The number of nitrogens with two attached hydrogens (primary N) is 1. The molecule has 1 aliphatic heterocycles. The second kappa shape index (κ2) is 5.93. The summed E-state index contributed by atoms with van der Waals surface area (Å²) in [4.78, 5) is 8.65. The van der Waals surface area contributed by atoms with Crippen molar-refractivity contribution in [2.75, 3.05) is 37.9 Å². The van der Waals surface area contributed by atoms with Gasteiger partial charge in [-0.05, 0) is 23.3 Å². The minimum absolute atomic E-state index is 0.510. The fraction of sp³-hybridized carbons (Fsp3) is 0.250. The van der Waals surface area contributed by atoms with E-state index in [1.165, 1.54) is 5.57 Å². The average Bonchev–Trinajstić information content (AvgIpc) is 3.01. The molecule has 0 bridgehead atoms. The number of ether oxygens (including phenoxy) is 1. The summed E-state index contributed by atoms with van der Waals surface area (Å²) in [5, 5.41) is 4.39. The number of hydrogen-bond donors (Lipinski definition) is 2. The molecule has 0 atom stereocenters. The Kier molecular flexibility index (Phi) is 3.83. The quantitative estimate of drug-likeness (QED) is 0.826. The lowest BCUT2D eigenvalue weighted by atomic mass is 10.0. The van der Waals surface area contributed by atoms with Crippen LogP contribution in [0.1, 0.15) is 5.56 Å². The van der Waals surface area contributed by atoms with Crippen LogP contribution in [0.15, 0.2) is 35.3 Å². The molecule has 0 saturated heterocycles. The highest BCUT2D eigenvalue weighted by atomic mass is 16.5. The minimum atomic E-state index is 0.510. The first-order valence-electron chi connectivity index (χ1n) is 6.90. The molecule has 0 fully saturated rings. The minimum Gasteiger partial charge on any atom is -0.384 e. The number of nitrogen functional groups attached to an aromatic ring is 1. The Hall–Kier alpha value is -2.40. The molecule has 1 aromatic heterocycles. The smallest absolute Gasteiger partial charge is 0.126 e. The van der Waals surface area contributed by atoms with Gasteiger partial charge in [-0.15, -0.1) is 0 Å². The molecule has 5 nitrogen and oxygen atoms in total. The molecule has 1 aliphatic rings. The van der Waals surface area contributed by atoms with E-state index in [4.69, 9.17) is 10.5 Å². The summed E-state index contributed by atoms with van der Waals surface area (Å²) in [6, 6.07) is 8.09. The number of rotatable bonds is 5. The van der Waals surface area contributed by atoms with E-state index < -0.39 is 0 Å². The number of methoxy groups -OCH3 is 1. The van der Waals surface area contributed by atoms with Crippen molar-refractivity contribution in [3.63, 3.8) is 0 Å². The van der Waals surface area contributed by atoms with E-state index in [1.54, 1.807) is 7.11 Å². The maximum atomic E-state index is 5.91. The first-order chi connectivity index (χ1) is 10.3. The van der Waals surface area contributed by atoms with Gasteiger partial charge >= 0.3 is 0 Å². The van der Waals surface area contributed by atoms with Crippen molar-refractivity contribution in [1.29, 1.82) is 0 Å². The second-order valence-corrected chi connectivity index (χ2v) is 4.93. The number of nitrogens with zero attached hydrogens (tertiary/aromatic N) is 2. The number of nitrogens with one attached hydrogen (secondary N) is 1. The van der Waals surface area contributed by atoms with Gasteiger partial charge in [0.15, 0.2) is 0 Å². The second-order valence-electron chi connectivity index (χ2n) is 4.93. The molecule has 21 heavy (non-hydrogen) atoms. The zero-order valence-corrected chi connectivity index (χ0v) is 12.0. The summed E-state index contributed by atoms with van der Waals surface area (Å²) in [5.74, 6) is 0.510. The molecule has 0 radical (unpaired) electrons. The van der Waals surface area contributed by atoms with E-state index in [0.717, 1.165) is 35.2 Å². The summed E-state index contributed by atoms with van der Waals surface area (Å²) < 4.78 is 5.06. The summed E-state index contributed by atoms with van der Waals surface area (Å²) in [6.07, 6.45) is 3.87. The van der Waals surface area contributed by atoms with Crippen LogP contribution >= 0.6 is 0 Å². The molecule has 0 unspecified atom stereocenters. The van der Waals surface area contributed by atoms with Crippen molar-refractivity contribution in [2.45, 2.75) is 0 Å². The topological polar surface area (TPSA) is 72.5 Å². The van der Waals surface area contributed by atoms with Crippen LogP contribution in [0, 0.1) is 0 Å². The molecule has 0 saturated carbocycles. The fourth-order valence-electron chi connectivity index (χ4n) is 2.42. The summed E-state index contributed by atoms with van der Waals surface area (Å²) in [7, 11) is 1.68. The SMILES string of the molecule is COCCNc1cc(N)nc2cc(C3=CC=NC3)ccc12. The Morgan fingerprint density at radius 3 is 3.00 bits per heavy atom. The van der Waals surface area contributed by atoms with Crippen molar-refractivity contribution in [3.05, 3.63) is 35.9 Å². The van der Waals surface area contributed by atoms with Gasteiger partial charge < -0.3 is 15.8 Å². The van der Waals surface area contributed by atoms with Gasteiger partial charge in [-0.3, -0.25) is 4.99 Å². The van der Waals surface area contributed by atoms with Crippen LogP contribution < -0.4 is 11.1 Å². The van der Waals surface area contributed by atoms with E-state index in [0.29, 0.717) is 12.4 Å². The van der Waals surface area contributed by atoms with Gasteiger partial charge in [0.25, 0.3) is 0 Å². The summed E-state index contributed by atoms with van der Waals surface area (Å²) in [5.41, 5.74) is 10.1. The monoisotopic (exact) mass is 282 g/mol. The molecule has 108 valence electrons. The molecule has 3 N–H and O–H groups in total. The van der Waals surface area contributed by atoms with Gasteiger partial charge in [0.1, 0.15) is 5.82 Å². The Labute approximate surface area is 123 Å². The number of anilines is 2. The number of allylic oxidation sites excluding steroid dienone is 1. The average molecular weight is 282 g/mol. The number of aromatic nitrogens is 1. The largest absolute Gasteiger partial charge is 0.384 e. The molecule has 5 heteroatoms. The molecule has 1 aromatic carbocycles. The predicted octanol–water partition coefficient (Wildman–Crippen LogP) is 2.34. The van der Waals surface area contributed by atoms with Crippen molar-refractivity contribution < 1.29 is 4.74 Å². The van der Waals surface area contributed by atoms with Crippen molar-refractivity contribution in [1.82, 2.24) is 4.98 Å². The first kappa shape index (κ1) is 13.6. The lowest BCUT2D eigenvalue weighted by Crippen LogP contribution is -2.08. The van der Waals surface area contributed by atoms with Crippen molar-refractivity contribution >= 4 is 34.2 Å². The van der Waals surface area contributed by atoms with Crippen molar-refractivity contribution in [3.8, 4) is 0 Å². The van der Waals surface area contributed by atoms with Gasteiger partial charge in [-0.25, -0.2) is 4.98 Å². The molecular weight excluding hydrogens is 264 g/mol. The number of aliphatic imine (C=N–C) groups is 1. The van der Waals surface area contributed by atoms with Gasteiger partial charge in [-0.2, -0.15) is 0 Å². The predicted molar refractivity (Wildman–Crippen MR) is 87.9 cm³/mol. The van der Waals surface area contributed by atoms with Crippen LogP contribution in [-0.2, 0) is 4.74 Å². The fourth-order valence-corrected chi connectivity index (χ4v) is 2.42. The molecule has 0 amide bonds. The van der Waals surface area contributed by atoms with E-state index in [-0.39, 0.29) is 0 Å². The number of benzene rings is 1. The lowest BCUT2D eigenvalue weighted by Gasteiger charge is -2.11. The third kappa shape index (κ3) is 2.87. The van der Waals surface area contributed by atoms with Crippen LogP contribution in [0.2, 0.25) is 0 Å². The Bertz CT molecular complexity index is 722. The molecule has 2 heterocycles. The van der Waals surface area contributed by atoms with E-state index in [9.17, 15) is 0 Å². The van der Waals surface area contributed by atoms with E-state index in [1.807, 2.05) is 18.4 Å². The Morgan fingerprint density at radius 1 is 1.33 bits per heavy atom. The van der Waals surface area contributed by atoms with Gasteiger partial charge in [0.05, 0.1) is 18.7 Å². The molecule has 2 aromatic rings. The molecule has 0 aliphatic carbocycles.